The summed E-state index contributed by atoms with van der Waals surface area (Å²) in [6, 6.07) is 3.02. The highest BCUT2D eigenvalue weighted by atomic mass is 19.1. The van der Waals surface area contributed by atoms with Crippen LogP contribution >= 0.6 is 0 Å². The van der Waals surface area contributed by atoms with Gasteiger partial charge in [-0.3, -0.25) is 9.69 Å². The SMILES string of the molecule is O=C(c1ccc(F)cc1F)N1CCN(C[C@@H](O)C2CC2)CC1. The van der Waals surface area contributed by atoms with Crippen molar-refractivity contribution < 1.29 is 18.7 Å². The van der Waals surface area contributed by atoms with Crippen molar-refractivity contribution in [2.45, 2.75) is 18.9 Å². The second-order valence-electron chi connectivity index (χ2n) is 6.12. The number of aliphatic hydroxyl groups excluding tert-OH is 1. The lowest BCUT2D eigenvalue weighted by molar-refractivity contribution is 0.0485. The van der Waals surface area contributed by atoms with Gasteiger partial charge in [0, 0.05) is 38.8 Å². The molecule has 120 valence electrons. The summed E-state index contributed by atoms with van der Waals surface area (Å²) < 4.78 is 26.6. The molecule has 1 amide bonds. The van der Waals surface area contributed by atoms with Gasteiger partial charge in [-0.05, 0) is 30.9 Å². The number of benzene rings is 1. The zero-order valence-electron chi connectivity index (χ0n) is 12.3. The summed E-state index contributed by atoms with van der Waals surface area (Å²) in [5, 5.41) is 9.95. The predicted octanol–water partition coefficient (Wildman–Crippen LogP) is 1.49. The summed E-state index contributed by atoms with van der Waals surface area (Å²) in [6.07, 6.45) is 1.92. The smallest absolute Gasteiger partial charge is 0.256 e. The Morgan fingerprint density at radius 3 is 2.50 bits per heavy atom. The van der Waals surface area contributed by atoms with Crippen LogP contribution in [0.1, 0.15) is 23.2 Å². The number of carbonyl (C=O) groups is 1. The average molecular weight is 310 g/mol. The summed E-state index contributed by atoms with van der Waals surface area (Å²) >= 11 is 0. The minimum absolute atomic E-state index is 0.0899. The van der Waals surface area contributed by atoms with Crippen molar-refractivity contribution in [2.75, 3.05) is 32.7 Å². The fourth-order valence-corrected chi connectivity index (χ4v) is 2.86. The molecule has 1 atom stereocenters. The third-order valence-electron chi connectivity index (χ3n) is 4.43. The molecule has 1 aliphatic carbocycles. The summed E-state index contributed by atoms with van der Waals surface area (Å²) in [6.45, 7) is 2.95. The summed E-state index contributed by atoms with van der Waals surface area (Å²) in [4.78, 5) is 16.0. The van der Waals surface area contributed by atoms with E-state index < -0.39 is 17.5 Å². The van der Waals surface area contributed by atoms with Gasteiger partial charge in [0.05, 0.1) is 11.7 Å². The Kier molecular flexibility index (Phi) is 4.40. The summed E-state index contributed by atoms with van der Waals surface area (Å²) in [7, 11) is 0. The fourth-order valence-electron chi connectivity index (χ4n) is 2.86. The molecule has 1 aromatic rings. The molecule has 0 bridgehead atoms. The highest BCUT2D eigenvalue weighted by Gasteiger charge is 2.32. The maximum absolute atomic E-state index is 13.7. The van der Waals surface area contributed by atoms with Crippen LogP contribution in [0.15, 0.2) is 18.2 Å². The monoisotopic (exact) mass is 310 g/mol. The quantitative estimate of drug-likeness (QED) is 0.916. The molecule has 3 rings (SSSR count). The number of carbonyl (C=O) groups excluding carboxylic acids is 1. The Balaban J connectivity index is 1.55. The van der Waals surface area contributed by atoms with Crippen LogP contribution in [0, 0.1) is 17.6 Å². The fraction of sp³-hybridized carbons (Fsp3) is 0.562. The van der Waals surface area contributed by atoms with Gasteiger partial charge in [0.2, 0.25) is 0 Å². The molecule has 0 radical (unpaired) electrons. The molecule has 22 heavy (non-hydrogen) atoms. The molecule has 1 saturated heterocycles. The van der Waals surface area contributed by atoms with Gasteiger partial charge in [0.1, 0.15) is 11.6 Å². The third kappa shape index (κ3) is 3.44. The molecule has 0 aromatic heterocycles. The maximum atomic E-state index is 13.7. The standard InChI is InChI=1S/C16H20F2N2O2/c17-12-3-4-13(14(18)9-12)16(22)20-7-5-19(6-8-20)10-15(21)11-1-2-11/h3-4,9,11,15,21H,1-2,5-8,10H2/t15-/m1/s1. The number of amides is 1. The Hall–Kier alpha value is -1.53. The van der Waals surface area contributed by atoms with Gasteiger partial charge in [0.25, 0.3) is 5.91 Å². The molecule has 1 saturated carbocycles. The minimum Gasteiger partial charge on any atom is -0.392 e. The van der Waals surface area contributed by atoms with Crippen LogP contribution in [0.4, 0.5) is 8.78 Å². The average Bonchev–Trinajstić information content (AvgIpc) is 3.32. The molecule has 4 nitrogen and oxygen atoms in total. The van der Waals surface area contributed by atoms with Gasteiger partial charge in [-0.2, -0.15) is 0 Å². The van der Waals surface area contributed by atoms with Crippen LogP contribution in [-0.2, 0) is 0 Å². The Morgan fingerprint density at radius 2 is 1.91 bits per heavy atom. The zero-order chi connectivity index (χ0) is 15.7. The highest BCUT2D eigenvalue weighted by molar-refractivity contribution is 5.94. The first-order valence-corrected chi connectivity index (χ1v) is 7.69. The number of nitrogens with zero attached hydrogens (tertiary/aromatic N) is 2. The van der Waals surface area contributed by atoms with Gasteiger partial charge in [0.15, 0.2) is 0 Å². The van der Waals surface area contributed by atoms with E-state index in [4.69, 9.17) is 0 Å². The Labute approximate surface area is 128 Å². The van der Waals surface area contributed by atoms with Crippen molar-refractivity contribution in [3.63, 3.8) is 0 Å². The van der Waals surface area contributed by atoms with E-state index in [1.54, 1.807) is 4.90 Å². The summed E-state index contributed by atoms with van der Waals surface area (Å²) in [5.74, 6) is -1.47. The predicted molar refractivity (Wildman–Crippen MR) is 77.4 cm³/mol. The molecular weight excluding hydrogens is 290 g/mol. The number of halogens is 2. The minimum atomic E-state index is -0.823. The van der Waals surface area contributed by atoms with Crippen molar-refractivity contribution in [3.05, 3.63) is 35.4 Å². The molecule has 0 spiro atoms. The van der Waals surface area contributed by atoms with E-state index in [0.29, 0.717) is 38.6 Å². The number of aliphatic hydroxyl groups is 1. The Bertz CT molecular complexity index is 555. The highest BCUT2D eigenvalue weighted by Crippen LogP contribution is 2.32. The third-order valence-corrected chi connectivity index (χ3v) is 4.43. The van der Waals surface area contributed by atoms with Crippen molar-refractivity contribution in [1.29, 1.82) is 0 Å². The molecule has 2 aliphatic rings. The topological polar surface area (TPSA) is 43.8 Å². The second-order valence-corrected chi connectivity index (χ2v) is 6.12. The van der Waals surface area contributed by atoms with E-state index in [1.807, 2.05) is 0 Å². The first kappa shape index (κ1) is 15.4. The van der Waals surface area contributed by atoms with E-state index >= 15 is 0 Å². The van der Waals surface area contributed by atoms with Crippen molar-refractivity contribution in [1.82, 2.24) is 9.80 Å². The first-order valence-electron chi connectivity index (χ1n) is 7.69. The number of β-amino-alcohol motifs (C(OH)–C–C–N with tert-alkyl or cyclic N) is 1. The van der Waals surface area contributed by atoms with Crippen LogP contribution in [-0.4, -0.2) is 59.6 Å². The van der Waals surface area contributed by atoms with Crippen LogP contribution < -0.4 is 0 Å². The maximum Gasteiger partial charge on any atom is 0.256 e. The Morgan fingerprint density at radius 1 is 1.23 bits per heavy atom. The number of hydrogen-bond acceptors (Lipinski definition) is 3. The first-order chi connectivity index (χ1) is 10.5. The van der Waals surface area contributed by atoms with Crippen LogP contribution in [0.3, 0.4) is 0 Å². The molecule has 2 fully saturated rings. The van der Waals surface area contributed by atoms with E-state index in [0.717, 1.165) is 25.0 Å². The zero-order valence-corrected chi connectivity index (χ0v) is 12.3. The van der Waals surface area contributed by atoms with Crippen LogP contribution in [0.5, 0.6) is 0 Å². The van der Waals surface area contributed by atoms with Gasteiger partial charge >= 0.3 is 0 Å². The van der Waals surface area contributed by atoms with E-state index in [9.17, 15) is 18.7 Å². The van der Waals surface area contributed by atoms with Crippen LogP contribution in [0.25, 0.3) is 0 Å². The normalized spacial score (nSPS) is 21.0. The van der Waals surface area contributed by atoms with Gasteiger partial charge in [-0.25, -0.2) is 8.78 Å². The molecular formula is C16H20F2N2O2. The van der Waals surface area contributed by atoms with E-state index in [-0.39, 0.29) is 11.7 Å². The lowest BCUT2D eigenvalue weighted by Gasteiger charge is -2.35. The van der Waals surface area contributed by atoms with Gasteiger partial charge < -0.3 is 10.0 Å². The second kappa shape index (κ2) is 6.30. The number of piperazine rings is 1. The van der Waals surface area contributed by atoms with Crippen LogP contribution in [0.2, 0.25) is 0 Å². The van der Waals surface area contributed by atoms with Gasteiger partial charge in [-0.1, -0.05) is 0 Å². The van der Waals surface area contributed by atoms with Crippen molar-refractivity contribution >= 4 is 5.91 Å². The molecule has 1 heterocycles. The number of hydrogen-bond donors (Lipinski definition) is 1. The molecule has 0 unspecified atom stereocenters. The number of rotatable bonds is 4. The van der Waals surface area contributed by atoms with Gasteiger partial charge in [-0.15, -0.1) is 0 Å². The molecule has 1 aliphatic heterocycles. The molecule has 6 heteroatoms. The molecule has 1 aromatic carbocycles. The summed E-state index contributed by atoms with van der Waals surface area (Å²) in [5.41, 5.74) is -0.0899. The van der Waals surface area contributed by atoms with E-state index in [2.05, 4.69) is 4.90 Å². The largest absolute Gasteiger partial charge is 0.392 e. The lowest BCUT2D eigenvalue weighted by Crippen LogP contribution is -2.50. The lowest BCUT2D eigenvalue weighted by atomic mass is 10.1. The van der Waals surface area contributed by atoms with Crippen molar-refractivity contribution in [2.24, 2.45) is 5.92 Å². The molecule has 1 N–H and O–H groups in total. The van der Waals surface area contributed by atoms with Crippen molar-refractivity contribution in [3.8, 4) is 0 Å². The van der Waals surface area contributed by atoms with E-state index in [1.165, 1.54) is 6.07 Å².